The Morgan fingerprint density at radius 3 is 2.56 bits per heavy atom. The largest absolute Gasteiger partial charge is 0.464 e. The Kier molecular flexibility index (Phi) is 4.85. The number of carbonyl (C=O) groups excluding carboxylic acids is 2. The Morgan fingerprint density at radius 1 is 1.33 bits per heavy atom. The molecule has 5 nitrogen and oxygen atoms in total. The molecule has 0 heterocycles. The quantitative estimate of drug-likeness (QED) is 0.620. The lowest BCUT2D eigenvalue weighted by Gasteiger charge is -2.12. The van der Waals surface area contributed by atoms with Crippen molar-refractivity contribution in [2.75, 3.05) is 11.9 Å². The number of nitrogens with two attached hydrogens (primary N) is 1. The van der Waals surface area contributed by atoms with Crippen LogP contribution in [0.15, 0.2) is 18.2 Å². The van der Waals surface area contributed by atoms with Gasteiger partial charge < -0.3 is 15.8 Å². The van der Waals surface area contributed by atoms with E-state index in [4.69, 9.17) is 5.73 Å². The summed E-state index contributed by atoms with van der Waals surface area (Å²) < 4.78 is 4.68. The maximum Gasteiger partial charge on any atom is 0.332 e. The second kappa shape index (κ2) is 6.16. The third-order valence-corrected chi connectivity index (χ3v) is 2.60. The highest BCUT2D eigenvalue weighted by Gasteiger charge is 2.23. The lowest BCUT2D eigenvalue weighted by Crippen LogP contribution is -2.43. The Hall–Kier alpha value is -1.88. The van der Waals surface area contributed by atoms with Gasteiger partial charge in [-0.05, 0) is 44.0 Å². The summed E-state index contributed by atoms with van der Waals surface area (Å²) in [4.78, 5) is 23.0. The first-order chi connectivity index (χ1) is 8.45. The molecule has 5 heteroatoms. The van der Waals surface area contributed by atoms with E-state index in [1.165, 1.54) is 0 Å². The molecule has 0 aliphatic heterocycles. The van der Waals surface area contributed by atoms with Crippen molar-refractivity contribution < 1.29 is 14.3 Å². The molecule has 98 valence electrons. The van der Waals surface area contributed by atoms with Crippen molar-refractivity contribution in [1.29, 1.82) is 0 Å². The highest BCUT2D eigenvalue weighted by molar-refractivity contribution is 6.08. The van der Waals surface area contributed by atoms with Gasteiger partial charge >= 0.3 is 5.97 Å². The van der Waals surface area contributed by atoms with Gasteiger partial charge in [-0.3, -0.25) is 4.79 Å². The third kappa shape index (κ3) is 3.56. The van der Waals surface area contributed by atoms with Crippen LogP contribution in [0.1, 0.15) is 18.1 Å². The molecule has 1 aromatic carbocycles. The van der Waals surface area contributed by atoms with Gasteiger partial charge in [0, 0.05) is 5.69 Å². The molecule has 3 N–H and O–H groups in total. The summed E-state index contributed by atoms with van der Waals surface area (Å²) in [5.41, 5.74) is 8.27. The molecule has 0 radical (unpaired) electrons. The van der Waals surface area contributed by atoms with E-state index >= 15 is 0 Å². The van der Waals surface area contributed by atoms with Gasteiger partial charge in [0.25, 0.3) is 5.91 Å². The first-order valence-corrected chi connectivity index (χ1v) is 5.76. The van der Waals surface area contributed by atoms with E-state index < -0.39 is 17.9 Å². The summed E-state index contributed by atoms with van der Waals surface area (Å²) in [6, 6.07) is 4.18. The molecule has 0 aliphatic carbocycles. The number of benzene rings is 1. The highest BCUT2D eigenvalue weighted by Crippen LogP contribution is 2.14. The number of nitrogens with one attached hydrogen (secondary N) is 1. The van der Waals surface area contributed by atoms with Gasteiger partial charge in [0.05, 0.1) is 6.61 Å². The van der Waals surface area contributed by atoms with E-state index in [9.17, 15) is 9.59 Å². The van der Waals surface area contributed by atoms with Crippen molar-refractivity contribution in [3.63, 3.8) is 0 Å². The van der Waals surface area contributed by atoms with Gasteiger partial charge in [-0.15, -0.1) is 0 Å². The first-order valence-electron chi connectivity index (χ1n) is 5.76. The highest BCUT2D eigenvalue weighted by atomic mass is 16.5. The molecule has 0 aliphatic rings. The Labute approximate surface area is 106 Å². The Morgan fingerprint density at radius 2 is 2.00 bits per heavy atom. The molecule has 0 fully saturated rings. The summed E-state index contributed by atoms with van der Waals surface area (Å²) in [6.45, 7) is 5.77. The molecule has 0 bridgehead atoms. The number of esters is 1. The lowest BCUT2D eigenvalue weighted by atomic mass is 10.1. The monoisotopic (exact) mass is 250 g/mol. The minimum absolute atomic E-state index is 0.198. The van der Waals surface area contributed by atoms with E-state index in [0.29, 0.717) is 5.69 Å². The zero-order chi connectivity index (χ0) is 13.7. The van der Waals surface area contributed by atoms with Crippen LogP contribution in [-0.4, -0.2) is 24.5 Å². The number of aryl methyl sites for hydroxylation is 2. The summed E-state index contributed by atoms with van der Waals surface area (Å²) in [5, 5.41) is 2.58. The number of carbonyl (C=O) groups is 2. The fraction of sp³-hybridized carbons (Fsp3) is 0.385. The standard InChI is InChI=1S/C13H18N2O3/c1-4-18-13(17)11(14)12(16)15-10-6-5-8(2)9(3)7-10/h5-7,11H,4,14H2,1-3H3,(H,15,16). The summed E-state index contributed by atoms with van der Waals surface area (Å²) in [7, 11) is 0. The first kappa shape index (κ1) is 14.2. The van der Waals surface area contributed by atoms with Crippen LogP contribution < -0.4 is 11.1 Å². The zero-order valence-corrected chi connectivity index (χ0v) is 10.8. The van der Waals surface area contributed by atoms with Crippen LogP contribution in [0.5, 0.6) is 0 Å². The van der Waals surface area contributed by atoms with Crippen LogP contribution >= 0.6 is 0 Å². The Bertz CT molecular complexity index is 458. The SMILES string of the molecule is CCOC(=O)C(N)C(=O)Nc1ccc(C)c(C)c1. The molecule has 1 rings (SSSR count). The molecule has 1 atom stereocenters. The van der Waals surface area contributed by atoms with E-state index in [1.807, 2.05) is 26.0 Å². The van der Waals surface area contributed by atoms with Crippen LogP contribution in [0.4, 0.5) is 5.69 Å². The van der Waals surface area contributed by atoms with Crippen molar-refractivity contribution in [1.82, 2.24) is 0 Å². The van der Waals surface area contributed by atoms with Gasteiger partial charge in [0.15, 0.2) is 6.04 Å². The maximum absolute atomic E-state index is 11.7. The fourth-order valence-electron chi connectivity index (χ4n) is 1.38. The van der Waals surface area contributed by atoms with Crippen LogP contribution in [0.25, 0.3) is 0 Å². The topological polar surface area (TPSA) is 81.4 Å². The number of hydrogen-bond donors (Lipinski definition) is 2. The molecular weight excluding hydrogens is 232 g/mol. The smallest absolute Gasteiger partial charge is 0.332 e. The van der Waals surface area contributed by atoms with E-state index in [1.54, 1.807) is 13.0 Å². The number of rotatable bonds is 4. The van der Waals surface area contributed by atoms with Crippen molar-refractivity contribution >= 4 is 17.6 Å². The predicted molar refractivity (Wildman–Crippen MR) is 69.2 cm³/mol. The Balaban J connectivity index is 2.69. The fourth-order valence-corrected chi connectivity index (χ4v) is 1.38. The molecule has 1 amide bonds. The average molecular weight is 250 g/mol. The molecule has 18 heavy (non-hydrogen) atoms. The minimum atomic E-state index is -1.30. The lowest BCUT2D eigenvalue weighted by molar-refractivity contribution is -0.146. The van der Waals surface area contributed by atoms with Crippen LogP contribution in [0.2, 0.25) is 0 Å². The second-order valence-corrected chi connectivity index (χ2v) is 4.02. The van der Waals surface area contributed by atoms with Crippen LogP contribution in [0, 0.1) is 13.8 Å². The summed E-state index contributed by atoms with van der Waals surface area (Å²) in [5.74, 6) is -1.30. The van der Waals surface area contributed by atoms with Gasteiger partial charge in [-0.25, -0.2) is 4.79 Å². The number of amides is 1. The van der Waals surface area contributed by atoms with Crippen molar-refractivity contribution in [2.24, 2.45) is 5.73 Å². The average Bonchev–Trinajstić information content (AvgIpc) is 2.33. The number of anilines is 1. The molecule has 1 aromatic rings. The van der Waals surface area contributed by atoms with Crippen molar-refractivity contribution in [3.8, 4) is 0 Å². The van der Waals surface area contributed by atoms with E-state index in [2.05, 4.69) is 10.1 Å². The van der Waals surface area contributed by atoms with E-state index in [-0.39, 0.29) is 6.61 Å². The van der Waals surface area contributed by atoms with Crippen molar-refractivity contribution in [3.05, 3.63) is 29.3 Å². The molecular formula is C13H18N2O3. The molecule has 0 spiro atoms. The summed E-state index contributed by atoms with van der Waals surface area (Å²) in [6.07, 6.45) is 0. The number of hydrogen-bond acceptors (Lipinski definition) is 4. The molecule has 0 saturated carbocycles. The summed E-state index contributed by atoms with van der Waals surface area (Å²) >= 11 is 0. The third-order valence-electron chi connectivity index (χ3n) is 2.60. The van der Waals surface area contributed by atoms with Crippen molar-refractivity contribution in [2.45, 2.75) is 26.8 Å². The van der Waals surface area contributed by atoms with Gasteiger partial charge in [0.2, 0.25) is 0 Å². The van der Waals surface area contributed by atoms with Gasteiger partial charge in [0.1, 0.15) is 0 Å². The molecule has 1 unspecified atom stereocenters. The van der Waals surface area contributed by atoms with Crippen LogP contribution in [-0.2, 0) is 14.3 Å². The van der Waals surface area contributed by atoms with Gasteiger partial charge in [-0.2, -0.15) is 0 Å². The maximum atomic E-state index is 11.7. The number of ether oxygens (including phenoxy) is 1. The van der Waals surface area contributed by atoms with E-state index in [0.717, 1.165) is 11.1 Å². The predicted octanol–water partition coefficient (Wildman–Crippen LogP) is 1.13. The zero-order valence-electron chi connectivity index (χ0n) is 10.8. The molecule has 0 saturated heterocycles. The molecule has 0 aromatic heterocycles. The van der Waals surface area contributed by atoms with Crippen LogP contribution in [0.3, 0.4) is 0 Å². The van der Waals surface area contributed by atoms with Gasteiger partial charge in [-0.1, -0.05) is 6.07 Å². The second-order valence-electron chi connectivity index (χ2n) is 4.02. The minimum Gasteiger partial charge on any atom is -0.464 e. The normalized spacial score (nSPS) is 11.8.